The van der Waals surface area contributed by atoms with Crippen LogP contribution in [-0.4, -0.2) is 29.1 Å². The number of halogens is 2. The minimum atomic E-state index is -1.26. The molecule has 1 unspecified atom stereocenters. The van der Waals surface area contributed by atoms with Crippen LogP contribution in [0, 0.1) is 11.7 Å². The summed E-state index contributed by atoms with van der Waals surface area (Å²) in [7, 11) is 0. The molecular weight excluding hydrogens is 345 g/mol. The molecule has 1 aromatic rings. The number of hydrogen-bond donors (Lipinski definition) is 2. The number of rotatable bonds is 6. The second-order valence-electron chi connectivity index (χ2n) is 5.19. The summed E-state index contributed by atoms with van der Waals surface area (Å²) >= 11 is 3.12. The van der Waals surface area contributed by atoms with Crippen LogP contribution < -0.4 is 10.1 Å². The van der Waals surface area contributed by atoms with E-state index in [-0.39, 0.29) is 12.5 Å². The van der Waals surface area contributed by atoms with Crippen LogP contribution in [0.25, 0.3) is 0 Å². The highest BCUT2D eigenvalue weighted by atomic mass is 79.9. The molecule has 0 heterocycles. The van der Waals surface area contributed by atoms with E-state index in [1.165, 1.54) is 25.1 Å². The monoisotopic (exact) mass is 359 g/mol. The first kappa shape index (κ1) is 15.8. The van der Waals surface area contributed by atoms with Gasteiger partial charge in [-0.25, -0.2) is 9.18 Å². The Hall–Kier alpha value is -1.63. The maximum atomic E-state index is 12.9. The van der Waals surface area contributed by atoms with Crippen LogP contribution in [-0.2, 0) is 9.59 Å². The molecule has 1 saturated carbocycles. The molecule has 1 fully saturated rings. The molecule has 5 nitrogen and oxygen atoms in total. The topological polar surface area (TPSA) is 75.6 Å². The summed E-state index contributed by atoms with van der Waals surface area (Å²) in [5.74, 6) is -1.73. The lowest BCUT2D eigenvalue weighted by molar-refractivity contribution is -0.148. The van der Waals surface area contributed by atoms with E-state index in [4.69, 9.17) is 4.74 Å². The molecule has 1 atom stereocenters. The van der Waals surface area contributed by atoms with Crippen molar-refractivity contribution in [3.63, 3.8) is 0 Å². The van der Waals surface area contributed by atoms with Gasteiger partial charge in [-0.05, 0) is 59.8 Å². The summed E-state index contributed by atoms with van der Waals surface area (Å²) in [6.45, 7) is 1.17. The molecule has 2 N–H and O–H groups in total. The Bertz CT molecular complexity index is 576. The number of ether oxygens (including phenoxy) is 1. The Labute approximate surface area is 129 Å². The average Bonchev–Trinajstić information content (AvgIpc) is 3.21. The van der Waals surface area contributed by atoms with Crippen molar-refractivity contribution in [1.29, 1.82) is 0 Å². The minimum absolute atomic E-state index is 0.0449. The highest BCUT2D eigenvalue weighted by Crippen LogP contribution is 2.39. The maximum Gasteiger partial charge on any atom is 0.329 e. The molecule has 21 heavy (non-hydrogen) atoms. The van der Waals surface area contributed by atoms with Gasteiger partial charge in [0.2, 0.25) is 0 Å². The highest BCUT2D eigenvalue weighted by molar-refractivity contribution is 9.10. The van der Waals surface area contributed by atoms with Crippen molar-refractivity contribution >= 4 is 27.8 Å². The second-order valence-corrected chi connectivity index (χ2v) is 6.05. The van der Waals surface area contributed by atoms with Gasteiger partial charge in [-0.2, -0.15) is 0 Å². The zero-order valence-electron chi connectivity index (χ0n) is 11.4. The number of carboxylic acid groups (broad SMARTS) is 1. The largest absolute Gasteiger partial charge is 0.483 e. The molecule has 1 aromatic carbocycles. The SMILES string of the molecule is CC(NC(=O)COc1ccc(F)cc1Br)(C(=O)O)C1CC1. The zero-order chi connectivity index (χ0) is 15.6. The summed E-state index contributed by atoms with van der Waals surface area (Å²) in [6, 6.07) is 3.83. The van der Waals surface area contributed by atoms with Crippen molar-refractivity contribution in [3.05, 3.63) is 28.5 Å². The molecule has 0 bridgehead atoms. The summed E-state index contributed by atoms with van der Waals surface area (Å²) < 4.78 is 18.6. The van der Waals surface area contributed by atoms with E-state index in [0.29, 0.717) is 10.2 Å². The van der Waals surface area contributed by atoms with Gasteiger partial charge >= 0.3 is 5.97 Å². The lowest BCUT2D eigenvalue weighted by Crippen LogP contribution is -2.55. The number of benzene rings is 1. The van der Waals surface area contributed by atoms with Gasteiger partial charge in [0, 0.05) is 0 Å². The Balaban J connectivity index is 1.94. The van der Waals surface area contributed by atoms with Crippen LogP contribution in [0.4, 0.5) is 4.39 Å². The first-order valence-electron chi connectivity index (χ1n) is 6.45. The molecule has 0 aliphatic heterocycles. The lowest BCUT2D eigenvalue weighted by atomic mass is 9.96. The quantitative estimate of drug-likeness (QED) is 0.817. The van der Waals surface area contributed by atoms with Gasteiger partial charge in [0.1, 0.15) is 17.1 Å². The normalized spacial score (nSPS) is 16.9. The summed E-state index contributed by atoms with van der Waals surface area (Å²) in [6.07, 6.45) is 1.57. The van der Waals surface area contributed by atoms with Crippen molar-refractivity contribution in [1.82, 2.24) is 5.32 Å². The Morgan fingerprint density at radius 1 is 1.52 bits per heavy atom. The summed E-state index contributed by atoms with van der Waals surface area (Å²) in [4.78, 5) is 23.2. The molecule has 0 aromatic heterocycles. The van der Waals surface area contributed by atoms with E-state index in [1.807, 2.05) is 0 Å². The van der Waals surface area contributed by atoms with E-state index < -0.39 is 23.2 Å². The molecule has 2 rings (SSSR count). The number of carboxylic acids is 1. The van der Waals surface area contributed by atoms with E-state index in [0.717, 1.165) is 12.8 Å². The van der Waals surface area contributed by atoms with E-state index in [2.05, 4.69) is 21.2 Å². The van der Waals surface area contributed by atoms with Crippen molar-refractivity contribution in [2.75, 3.05) is 6.61 Å². The molecule has 7 heteroatoms. The van der Waals surface area contributed by atoms with Crippen molar-refractivity contribution in [2.24, 2.45) is 5.92 Å². The fourth-order valence-corrected chi connectivity index (χ4v) is 2.52. The predicted octanol–water partition coefficient (Wildman–Crippen LogP) is 2.34. The molecular formula is C14H15BrFNO4. The molecule has 0 spiro atoms. The maximum absolute atomic E-state index is 12.9. The van der Waals surface area contributed by atoms with E-state index in [9.17, 15) is 19.1 Å². The Morgan fingerprint density at radius 3 is 2.71 bits per heavy atom. The van der Waals surface area contributed by atoms with Gasteiger partial charge in [0.15, 0.2) is 6.61 Å². The minimum Gasteiger partial charge on any atom is -0.483 e. The van der Waals surface area contributed by atoms with Crippen LogP contribution in [0.2, 0.25) is 0 Å². The molecule has 1 aliphatic carbocycles. The zero-order valence-corrected chi connectivity index (χ0v) is 12.9. The predicted molar refractivity (Wildman–Crippen MR) is 76.5 cm³/mol. The number of aliphatic carboxylic acids is 1. The third-order valence-electron chi connectivity index (χ3n) is 3.49. The third kappa shape index (κ3) is 3.72. The van der Waals surface area contributed by atoms with E-state index in [1.54, 1.807) is 0 Å². The van der Waals surface area contributed by atoms with Gasteiger partial charge in [-0.1, -0.05) is 0 Å². The molecule has 1 aliphatic rings. The van der Waals surface area contributed by atoms with Crippen LogP contribution >= 0.6 is 15.9 Å². The fourth-order valence-electron chi connectivity index (χ4n) is 2.05. The lowest BCUT2D eigenvalue weighted by Gasteiger charge is -2.26. The number of carbonyl (C=O) groups is 2. The Kier molecular flexibility index (Phi) is 4.51. The molecule has 114 valence electrons. The van der Waals surface area contributed by atoms with E-state index >= 15 is 0 Å². The summed E-state index contributed by atoms with van der Waals surface area (Å²) in [5.41, 5.74) is -1.26. The Morgan fingerprint density at radius 2 is 2.19 bits per heavy atom. The fraction of sp³-hybridized carbons (Fsp3) is 0.429. The van der Waals surface area contributed by atoms with Crippen LogP contribution in [0.3, 0.4) is 0 Å². The third-order valence-corrected chi connectivity index (χ3v) is 4.11. The standard InChI is InChI=1S/C14H15BrFNO4/c1-14(13(19)20,8-2-3-8)17-12(18)7-21-11-5-4-9(16)6-10(11)15/h4-6,8H,2-3,7H2,1H3,(H,17,18)(H,19,20). The van der Waals surface area contributed by atoms with Crippen LogP contribution in [0.15, 0.2) is 22.7 Å². The van der Waals surface area contributed by atoms with Crippen molar-refractivity contribution in [2.45, 2.75) is 25.3 Å². The van der Waals surface area contributed by atoms with Gasteiger partial charge in [0.05, 0.1) is 4.47 Å². The van der Waals surface area contributed by atoms with Crippen LogP contribution in [0.1, 0.15) is 19.8 Å². The highest BCUT2D eigenvalue weighted by Gasteiger charge is 2.48. The van der Waals surface area contributed by atoms with Crippen LogP contribution in [0.5, 0.6) is 5.75 Å². The molecule has 1 amide bonds. The van der Waals surface area contributed by atoms with Gasteiger partial charge < -0.3 is 15.2 Å². The number of amides is 1. The van der Waals surface area contributed by atoms with Crippen molar-refractivity contribution in [3.8, 4) is 5.75 Å². The van der Waals surface area contributed by atoms with Gasteiger partial charge in [0.25, 0.3) is 5.91 Å². The van der Waals surface area contributed by atoms with Crippen molar-refractivity contribution < 1.29 is 23.8 Å². The molecule has 0 radical (unpaired) electrons. The smallest absolute Gasteiger partial charge is 0.329 e. The second kappa shape index (κ2) is 6.01. The van der Waals surface area contributed by atoms with Gasteiger partial charge in [-0.15, -0.1) is 0 Å². The number of nitrogens with one attached hydrogen (secondary N) is 1. The number of carbonyl (C=O) groups excluding carboxylic acids is 1. The molecule has 0 saturated heterocycles. The summed E-state index contributed by atoms with van der Waals surface area (Å²) in [5, 5.41) is 11.8. The average molecular weight is 360 g/mol. The first-order chi connectivity index (χ1) is 9.83. The number of hydrogen-bond acceptors (Lipinski definition) is 3. The van der Waals surface area contributed by atoms with Gasteiger partial charge in [-0.3, -0.25) is 4.79 Å². The first-order valence-corrected chi connectivity index (χ1v) is 7.24.